The van der Waals surface area contributed by atoms with Crippen LogP contribution in [0.1, 0.15) is 29.6 Å². The molecule has 2 aliphatic heterocycles. The maximum atomic E-state index is 12.5. The van der Waals surface area contributed by atoms with Crippen molar-refractivity contribution < 1.29 is 14.3 Å². The largest absolute Gasteiger partial charge is 0.379 e. The van der Waals surface area contributed by atoms with Crippen LogP contribution < -0.4 is 5.32 Å². The second kappa shape index (κ2) is 10.1. The van der Waals surface area contributed by atoms with Gasteiger partial charge in [-0.1, -0.05) is 11.6 Å². The fraction of sp³-hybridized carbons (Fsp3) is 0.600. The quantitative estimate of drug-likeness (QED) is 0.751. The van der Waals surface area contributed by atoms with Crippen molar-refractivity contribution in [3.8, 4) is 0 Å². The Morgan fingerprint density at radius 2 is 1.74 bits per heavy atom. The van der Waals surface area contributed by atoms with Crippen molar-refractivity contribution in [2.75, 3.05) is 52.5 Å². The van der Waals surface area contributed by atoms with Gasteiger partial charge in [-0.15, -0.1) is 0 Å². The van der Waals surface area contributed by atoms with Crippen LogP contribution in [-0.4, -0.2) is 74.1 Å². The first kappa shape index (κ1) is 20.1. The number of rotatable bonds is 6. The van der Waals surface area contributed by atoms with Crippen LogP contribution in [0.15, 0.2) is 24.3 Å². The highest BCUT2D eigenvalue weighted by Crippen LogP contribution is 2.20. The summed E-state index contributed by atoms with van der Waals surface area (Å²) >= 11 is 5.87. The van der Waals surface area contributed by atoms with Crippen LogP contribution in [0.5, 0.6) is 0 Å². The normalized spacial score (nSPS) is 19.1. The summed E-state index contributed by atoms with van der Waals surface area (Å²) in [5.74, 6) is 0.134. The van der Waals surface area contributed by atoms with Crippen molar-refractivity contribution in [3.05, 3.63) is 34.9 Å². The molecule has 2 aliphatic rings. The van der Waals surface area contributed by atoms with E-state index in [0.29, 0.717) is 43.1 Å². The molecule has 0 radical (unpaired) electrons. The van der Waals surface area contributed by atoms with E-state index in [0.717, 1.165) is 39.3 Å². The zero-order chi connectivity index (χ0) is 19.1. The zero-order valence-electron chi connectivity index (χ0n) is 15.7. The molecule has 1 N–H and O–H groups in total. The molecule has 0 bridgehead atoms. The molecule has 2 fully saturated rings. The van der Waals surface area contributed by atoms with E-state index in [1.165, 1.54) is 0 Å². The average molecular weight is 394 g/mol. The Morgan fingerprint density at radius 1 is 1.07 bits per heavy atom. The molecule has 2 saturated heterocycles. The van der Waals surface area contributed by atoms with Crippen LogP contribution in [0.4, 0.5) is 0 Å². The molecule has 27 heavy (non-hydrogen) atoms. The van der Waals surface area contributed by atoms with Gasteiger partial charge in [-0.25, -0.2) is 0 Å². The van der Waals surface area contributed by atoms with Gasteiger partial charge in [0.05, 0.1) is 13.2 Å². The highest BCUT2D eigenvalue weighted by atomic mass is 35.5. The van der Waals surface area contributed by atoms with Crippen LogP contribution in [0, 0.1) is 5.92 Å². The van der Waals surface area contributed by atoms with Crippen LogP contribution in [-0.2, 0) is 9.53 Å². The molecule has 7 heteroatoms. The van der Waals surface area contributed by atoms with Crippen molar-refractivity contribution in [1.82, 2.24) is 15.1 Å². The summed E-state index contributed by atoms with van der Waals surface area (Å²) in [7, 11) is 0. The first-order chi connectivity index (χ1) is 13.1. The number of morpholine rings is 1. The Morgan fingerprint density at radius 3 is 2.41 bits per heavy atom. The van der Waals surface area contributed by atoms with E-state index < -0.39 is 0 Å². The Hall–Kier alpha value is -1.63. The summed E-state index contributed by atoms with van der Waals surface area (Å²) in [6.45, 7) is 6.51. The molecular formula is C20H28ClN3O3. The minimum Gasteiger partial charge on any atom is -0.379 e. The monoisotopic (exact) mass is 393 g/mol. The lowest BCUT2D eigenvalue weighted by Crippen LogP contribution is -2.43. The van der Waals surface area contributed by atoms with Gasteiger partial charge in [-0.05, 0) is 50.1 Å². The van der Waals surface area contributed by atoms with E-state index in [9.17, 15) is 9.59 Å². The highest BCUT2D eigenvalue weighted by Gasteiger charge is 2.27. The number of nitrogens with one attached hydrogen (secondary N) is 1. The number of likely N-dealkylation sites (tertiary alicyclic amines) is 1. The molecule has 2 heterocycles. The Bertz CT molecular complexity index is 624. The molecule has 148 valence electrons. The third kappa shape index (κ3) is 5.92. The minimum absolute atomic E-state index is 0.00246. The van der Waals surface area contributed by atoms with Crippen LogP contribution in [0.25, 0.3) is 0 Å². The summed E-state index contributed by atoms with van der Waals surface area (Å²) in [4.78, 5) is 29.1. The lowest BCUT2D eigenvalue weighted by atomic mass is 9.95. The van der Waals surface area contributed by atoms with Crippen molar-refractivity contribution in [2.45, 2.75) is 19.3 Å². The summed E-state index contributed by atoms with van der Waals surface area (Å²) in [5, 5.41) is 3.68. The summed E-state index contributed by atoms with van der Waals surface area (Å²) < 4.78 is 5.34. The Balaban J connectivity index is 1.35. The molecule has 6 nitrogen and oxygen atoms in total. The highest BCUT2D eigenvalue weighted by molar-refractivity contribution is 6.30. The maximum absolute atomic E-state index is 12.5. The average Bonchev–Trinajstić information content (AvgIpc) is 2.72. The lowest BCUT2D eigenvalue weighted by molar-refractivity contribution is -0.126. The Kier molecular flexibility index (Phi) is 7.50. The first-order valence-electron chi connectivity index (χ1n) is 9.76. The van der Waals surface area contributed by atoms with E-state index in [2.05, 4.69) is 10.2 Å². The van der Waals surface area contributed by atoms with Gasteiger partial charge in [-0.2, -0.15) is 0 Å². The fourth-order valence-corrected chi connectivity index (χ4v) is 3.73. The summed E-state index contributed by atoms with van der Waals surface area (Å²) in [6, 6.07) is 6.95. The maximum Gasteiger partial charge on any atom is 0.253 e. The second-order valence-corrected chi connectivity index (χ2v) is 7.61. The number of nitrogens with zero attached hydrogens (tertiary/aromatic N) is 2. The second-order valence-electron chi connectivity index (χ2n) is 7.17. The molecule has 3 rings (SSSR count). The standard InChI is InChI=1S/C20H28ClN3O3/c21-18-4-2-17(3-5-18)20(26)24-10-6-16(7-11-24)19(25)22-8-1-9-23-12-14-27-15-13-23/h2-5,16H,1,6-15H2,(H,22,25). The van der Waals surface area contributed by atoms with Crippen molar-refractivity contribution >= 4 is 23.4 Å². The molecule has 1 aromatic carbocycles. The lowest BCUT2D eigenvalue weighted by Gasteiger charge is -2.31. The van der Waals surface area contributed by atoms with Gasteiger partial charge in [0.15, 0.2) is 0 Å². The number of amides is 2. The molecule has 0 unspecified atom stereocenters. The summed E-state index contributed by atoms with van der Waals surface area (Å²) in [6.07, 6.45) is 2.39. The van der Waals surface area contributed by atoms with Gasteiger partial charge in [0.25, 0.3) is 5.91 Å². The minimum atomic E-state index is 0.00246. The number of benzene rings is 1. The van der Waals surface area contributed by atoms with Crippen LogP contribution in [0.3, 0.4) is 0 Å². The molecule has 2 amide bonds. The Labute approximate surface area is 165 Å². The number of hydrogen-bond donors (Lipinski definition) is 1. The van der Waals surface area contributed by atoms with Gasteiger partial charge in [0, 0.05) is 49.2 Å². The number of carbonyl (C=O) groups excluding carboxylic acids is 2. The number of halogens is 1. The van der Waals surface area contributed by atoms with Crippen molar-refractivity contribution in [2.24, 2.45) is 5.92 Å². The van der Waals surface area contributed by atoms with Crippen LogP contribution in [0.2, 0.25) is 5.02 Å². The van der Waals surface area contributed by atoms with Crippen molar-refractivity contribution in [3.63, 3.8) is 0 Å². The molecule has 0 saturated carbocycles. The molecular weight excluding hydrogens is 366 g/mol. The van der Waals surface area contributed by atoms with E-state index in [1.54, 1.807) is 24.3 Å². The number of piperidine rings is 1. The fourth-order valence-electron chi connectivity index (χ4n) is 3.60. The molecule has 0 spiro atoms. The predicted octanol–water partition coefficient (Wildman–Crippen LogP) is 2.03. The molecule has 0 atom stereocenters. The molecule has 0 aromatic heterocycles. The van der Waals surface area contributed by atoms with Gasteiger partial charge >= 0.3 is 0 Å². The smallest absolute Gasteiger partial charge is 0.253 e. The van der Waals surface area contributed by atoms with Gasteiger partial charge in [0.2, 0.25) is 5.91 Å². The van der Waals surface area contributed by atoms with Gasteiger partial charge in [0.1, 0.15) is 0 Å². The number of ether oxygens (including phenoxy) is 1. The van der Waals surface area contributed by atoms with E-state index in [1.807, 2.05) is 4.90 Å². The third-order valence-electron chi connectivity index (χ3n) is 5.30. The SMILES string of the molecule is O=C(NCCCN1CCOCC1)C1CCN(C(=O)c2ccc(Cl)cc2)CC1. The molecule has 1 aromatic rings. The summed E-state index contributed by atoms with van der Waals surface area (Å²) in [5.41, 5.74) is 0.644. The van der Waals surface area contributed by atoms with Gasteiger partial charge < -0.3 is 15.0 Å². The van der Waals surface area contributed by atoms with Crippen molar-refractivity contribution in [1.29, 1.82) is 0 Å². The third-order valence-corrected chi connectivity index (χ3v) is 5.55. The zero-order valence-corrected chi connectivity index (χ0v) is 16.4. The van der Waals surface area contributed by atoms with E-state index in [-0.39, 0.29) is 17.7 Å². The van der Waals surface area contributed by atoms with E-state index in [4.69, 9.17) is 16.3 Å². The number of hydrogen-bond acceptors (Lipinski definition) is 4. The topological polar surface area (TPSA) is 61.9 Å². The van der Waals surface area contributed by atoms with Crippen LogP contribution >= 0.6 is 11.6 Å². The van der Waals surface area contributed by atoms with E-state index >= 15 is 0 Å². The molecule has 0 aliphatic carbocycles. The van der Waals surface area contributed by atoms with Gasteiger partial charge in [-0.3, -0.25) is 14.5 Å². The first-order valence-corrected chi connectivity index (χ1v) is 10.1. The predicted molar refractivity (Wildman–Crippen MR) is 105 cm³/mol. The number of carbonyl (C=O) groups is 2.